The minimum Gasteiger partial charge on any atom is -0.444 e. The van der Waals surface area contributed by atoms with Gasteiger partial charge >= 0.3 is 6.09 Å². The van der Waals surface area contributed by atoms with Crippen molar-refractivity contribution in [3.05, 3.63) is 96.8 Å². The Kier molecular flexibility index (Phi) is 7.71. The van der Waals surface area contributed by atoms with E-state index in [9.17, 15) is 4.79 Å². The molecule has 194 valence electrons. The fraction of sp³-hybridized carbons (Fsp3) is 0.355. The molecule has 1 aliphatic rings. The van der Waals surface area contributed by atoms with Gasteiger partial charge in [-0.3, -0.25) is 9.88 Å². The van der Waals surface area contributed by atoms with Gasteiger partial charge in [0, 0.05) is 12.4 Å². The Hall–Kier alpha value is -3.22. The van der Waals surface area contributed by atoms with Gasteiger partial charge in [-0.05, 0) is 53.4 Å². The number of benzene rings is 2. The van der Waals surface area contributed by atoms with Crippen LogP contribution in [0.2, 0.25) is 5.04 Å². The van der Waals surface area contributed by atoms with Gasteiger partial charge in [0.15, 0.2) is 0 Å². The van der Waals surface area contributed by atoms with Crippen LogP contribution in [0.5, 0.6) is 0 Å². The van der Waals surface area contributed by atoms with E-state index in [4.69, 9.17) is 9.16 Å². The van der Waals surface area contributed by atoms with Crippen molar-refractivity contribution in [2.45, 2.75) is 58.2 Å². The fourth-order valence-electron chi connectivity index (χ4n) is 5.05. The van der Waals surface area contributed by atoms with Crippen LogP contribution in [0.15, 0.2) is 91.3 Å². The predicted octanol–water partition coefficient (Wildman–Crippen LogP) is 5.66. The normalized spacial score (nSPS) is 16.4. The lowest BCUT2D eigenvalue weighted by Gasteiger charge is -2.44. The summed E-state index contributed by atoms with van der Waals surface area (Å²) in [6.45, 7) is 13.3. The number of carbonyl (C=O) groups is 1. The van der Waals surface area contributed by atoms with Crippen molar-refractivity contribution in [1.29, 1.82) is 0 Å². The second kappa shape index (κ2) is 10.6. The van der Waals surface area contributed by atoms with Crippen LogP contribution in [0.25, 0.3) is 5.57 Å². The van der Waals surface area contributed by atoms with Crippen LogP contribution < -0.4 is 10.4 Å². The van der Waals surface area contributed by atoms with Crippen LogP contribution in [0.1, 0.15) is 47.1 Å². The van der Waals surface area contributed by atoms with Gasteiger partial charge in [0.05, 0.1) is 19.2 Å². The zero-order valence-electron chi connectivity index (χ0n) is 22.8. The molecule has 6 heteroatoms. The maximum absolute atomic E-state index is 13.3. The first-order chi connectivity index (χ1) is 17.5. The molecular weight excluding hydrogens is 476 g/mol. The molecular formula is C31H38N2O3Si. The third-order valence-electron chi connectivity index (χ3n) is 6.68. The number of hydrogen-bond donors (Lipinski definition) is 0. The number of hydrogen-bond acceptors (Lipinski definition) is 4. The average Bonchev–Trinajstić information content (AvgIpc) is 3.29. The molecule has 37 heavy (non-hydrogen) atoms. The average molecular weight is 515 g/mol. The molecule has 1 aromatic heterocycles. The summed E-state index contributed by atoms with van der Waals surface area (Å²) in [4.78, 5) is 19.4. The van der Waals surface area contributed by atoms with Gasteiger partial charge in [-0.2, -0.15) is 0 Å². The van der Waals surface area contributed by atoms with Crippen LogP contribution in [0.4, 0.5) is 4.79 Å². The number of rotatable bonds is 6. The standard InChI is InChI=1S/C31H38N2O3Si/c1-30(2,3)36-29(34)33-22-25(24-14-13-19-32-21-24)20-26(33)23-35-37(31(4,5)6,27-15-9-7-10-16-27)28-17-11-8-12-18-28/h7-21,26H,22-23H2,1-6H3/t26-/m1/s1. The molecule has 0 radical (unpaired) electrons. The maximum atomic E-state index is 13.3. The van der Waals surface area contributed by atoms with E-state index in [1.807, 2.05) is 51.2 Å². The molecule has 0 unspecified atom stereocenters. The molecule has 3 aromatic rings. The summed E-state index contributed by atoms with van der Waals surface area (Å²) < 4.78 is 13.0. The Balaban J connectivity index is 1.74. The van der Waals surface area contributed by atoms with E-state index >= 15 is 0 Å². The van der Waals surface area contributed by atoms with E-state index in [0.717, 1.165) is 11.1 Å². The number of pyridine rings is 1. The number of carbonyl (C=O) groups excluding carboxylic acids is 1. The van der Waals surface area contributed by atoms with Crippen molar-refractivity contribution in [1.82, 2.24) is 9.88 Å². The smallest absolute Gasteiger partial charge is 0.411 e. The third-order valence-corrected chi connectivity index (χ3v) is 11.7. The summed E-state index contributed by atoms with van der Waals surface area (Å²) in [5.41, 5.74) is 1.47. The Morgan fingerprint density at radius 2 is 1.51 bits per heavy atom. The molecule has 1 amide bonds. The van der Waals surface area contributed by atoms with Crippen molar-refractivity contribution in [3.8, 4) is 0 Å². The highest BCUT2D eigenvalue weighted by atomic mass is 28.4. The molecule has 1 atom stereocenters. The SMILES string of the molecule is CC(C)(C)OC(=O)N1CC(c2cccnc2)=C[C@@H]1CO[Si](c1ccccc1)(c1ccccc1)C(C)(C)C. The Bertz CT molecular complexity index is 1180. The van der Waals surface area contributed by atoms with E-state index < -0.39 is 13.9 Å². The highest BCUT2D eigenvalue weighted by Gasteiger charge is 2.51. The van der Waals surface area contributed by atoms with E-state index in [0.29, 0.717) is 13.2 Å². The van der Waals surface area contributed by atoms with Gasteiger partial charge in [0.2, 0.25) is 0 Å². The van der Waals surface area contributed by atoms with Crippen LogP contribution >= 0.6 is 0 Å². The maximum Gasteiger partial charge on any atom is 0.411 e. The minimum atomic E-state index is -2.75. The van der Waals surface area contributed by atoms with Gasteiger partial charge in [-0.1, -0.05) is 93.6 Å². The van der Waals surface area contributed by atoms with Crippen LogP contribution in [0, 0.1) is 0 Å². The number of ether oxygens (including phenoxy) is 1. The molecule has 2 aromatic carbocycles. The van der Waals surface area contributed by atoms with E-state index in [1.54, 1.807) is 11.1 Å². The Morgan fingerprint density at radius 1 is 0.919 bits per heavy atom. The second-order valence-electron chi connectivity index (χ2n) is 11.6. The van der Waals surface area contributed by atoms with Gasteiger partial charge in [-0.25, -0.2) is 4.79 Å². The zero-order valence-corrected chi connectivity index (χ0v) is 23.8. The predicted molar refractivity (Wildman–Crippen MR) is 153 cm³/mol. The lowest BCUT2D eigenvalue weighted by Crippen LogP contribution is -2.67. The van der Waals surface area contributed by atoms with Gasteiger partial charge in [0.1, 0.15) is 5.60 Å². The second-order valence-corrected chi connectivity index (χ2v) is 15.9. The van der Waals surface area contributed by atoms with Gasteiger partial charge in [-0.15, -0.1) is 0 Å². The zero-order chi connectivity index (χ0) is 26.7. The molecule has 0 aliphatic carbocycles. The monoisotopic (exact) mass is 514 g/mol. The van der Waals surface area contributed by atoms with E-state index in [1.165, 1.54) is 10.4 Å². The summed E-state index contributed by atoms with van der Waals surface area (Å²) in [7, 11) is -2.75. The van der Waals surface area contributed by atoms with Gasteiger partial charge < -0.3 is 9.16 Å². The van der Waals surface area contributed by atoms with Crippen molar-refractivity contribution < 1.29 is 14.0 Å². The first kappa shape index (κ1) is 26.8. The number of aromatic nitrogens is 1. The van der Waals surface area contributed by atoms with Crippen LogP contribution in [-0.2, 0) is 9.16 Å². The topological polar surface area (TPSA) is 51.7 Å². The molecule has 0 bridgehead atoms. The molecule has 1 aliphatic heterocycles. The minimum absolute atomic E-state index is 0.152. The van der Waals surface area contributed by atoms with E-state index in [2.05, 4.69) is 80.4 Å². The highest BCUT2D eigenvalue weighted by Crippen LogP contribution is 2.37. The number of amides is 1. The van der Waals surface area contributed by atoms with Crippen LogP contribution in [-0.4, -0.2) is 49.1 Å². The summed E-state index contributed by atoms with van der Waals surface area (Å²) in [5, 5.41) is 2.28. The molecule has 2 heterocycles. The Labute approximate surface area is 222 Å². The first-order valence-electron chi connectivity index (χ1n) is 12.9. The molecule has 0 fully saturated rings. The molecule has 0 spiro atoms. The largest absolute Gasteiger partial charge is 0.444 e. The highest BCUT2D eigenvalue weighted by molar-refractivity contribution is 6.99. The van der Waals surface area contributed by atoms with Crippen molar-refractivity contribution in [2.75, 3.05) is 13.2 Å². The van der Waals surface area contributed by atoms with Crippen molar-refractivity contribution in [3.63, 3.8) is 0 Å². The van der Waals surface area contributed by atoms with Crippen molar-refractivity contribution >= 4 is 30.4 Å². The summed E-state index contributed by atoms with van der Waals surface area (Å²) in [6, 6.07) is 24.8. The first-order valence-corrected chi connectivity index (χ1v) is 14.8. The lowest BCUT2D eigenvalue weighted by molar-refractivity contribution is 0.0207. The molecule has 5 nitrogen and oxygen atoms in total. The van der Waals surface area contributed by atoms with Crippen LogP contribution in [0.3, 0.4) is 0 Å². The number of nitrogens with zero attached hydrogens (tertiary/aromatic N) is 2. The van der Waals surface area contributed by atoms with Gasteiger partial charge in [0.25, 0.3) is 8.32 Å². The molecule has 0 saturated heterocycles. The Morgan fingerprint density at radius 3 is 2.00 bits per heavy atom. The third kappa shape index (κ3) is 5.86. The molecule has 4 rings (SSSR count). The lowest BCUT2D eigenvalue weighted by atomic mass is 10.1. The quantitative estimate of drug-likeness (QED) is 0.398. The summed E-state index contributed by atoms with van der Waals surface area (Å²) >= 11 is 0. The molecule has 0 saturated carbocycles. The molecule has 0 N–H and O–H groups in total. The van der Waals surface area contributed by atoms with E-state index in [-0.39, 0.29) is 17.2 Å². The summed E-state index contributed by atoms with van der Waals surface area (Å²) in [5.74, 6) is 0. The summed E-state index contributed by atoms with van der Waals surface area (Å²) in [6.07, 6.45) is 5.40. The van der Waals surface area contributed by atoms with Crippen molar-refractivity contribution in [2.24, 2.45) is 0 Å². The fourth-order valence-corrected chi connectivity index (χ4v) is 9.62.